The molecule has 2 aromatic heterocycles. The highest BCUT2D eigenvalue weighted by molar-refractivity contribution is 5.90. The van der Waals surface area contributed by atoms with Crippen LogP contribution in [0.1, 0.15) is 44.1 Å². The Bertz CT molecular complexity index is 1170. The molecule has 0 unspecified atom stereocenters. The standard InChI is InChI=1S/C23H25N5O2/c1-14-2-4-18(5-3-14)28-20-19(12-25-28)21(29)27(13-24-20)26-22(30)23-9-15-6-16(10-23)8-17(7-15)11-23/h2-5,12-13,15-17H,6-11H2,1H3,(H,26,30). The second-order valence-corrected chi connectivity index (χ2v) is 9.69. The number of hydrogen-bond acceptors (Lipinski definition) is 4. The van der Waals surface area contributed by atoms with Gasteiger partial charge in [0.15, 0.2) is 5.65 Å². The largest absolute Gasteiger partial charge is 0.283 e. The van der Waals surface area contributed by atoms with E-state index in [0.29, 0.717) is 28.8 Å². The first kappa shape index (κ1) is 17.9. The van der Waals surface area contributed by atoms with Crippen molar-refractivity contribution in [1.82, 2.24) is 19.4 Å². The number of nitrogens with one attached hydrogen (secondary N) is 1. The monoisotopic (exact) mass is 403 g/mol. The third-order valence-corrected chi connectivity index (χ3v) is 7.51. The molecule has 4 bridgehead atoms. The first-order chi connectivity index (χ1) is 14.5. The quantitative estimate of drug-likeness (QED) is 0.728. The lowest BCUT2D eigenvalue weighted by Crippen LogP contribution is -2.53. The molecular formula is C23H25N5O2. The van der Waals surface area contributed by atoms with E-state index in [0.717, 1.165) is 30.5 Å². The SMILES string of the molecule is Cc1ccc(-n2ncc3c(=O)n(NC(=O)C45CC6CC(CC(C6)C4)C5)cnc32)cc1. The Morgan fingerprint density at radius 1 is 1.07 bits per heavy atom. The molecule has 1 amide bonds. The summed E-state index contributed by atoms with van der Waals surface area (Å²) in [5, 5.41) is 4.75. The van der Waals surface area contributed by atoms with Crippen LogP contribution in [0.5, 0.6) is 0 Å². The molecule has 0 atom stereocenters. The van der Waals surface area contributed by atoms with Gasteiger partial charge in [0.05, 0.1) is 17.3 Å². The van der Waals surface area contributed by atoms with Gasteiger partial charge in [-0.25, -0.2) is 14.3 Å². The second kappa shape index (κ2) is 6.27. The smallest absolute Gasteiger partial charge is 0.273 e. The van der Waals surface area contributed by atoms with Crippen molar-refractivity contribution in [2.24, 2.45) is 23.2 Å². The fourth-order valence-corrected chi connectivity index (χ4v) is 6.48. The maximum atomic E-state index is 13.3. The molecule has 0 aliphatic heterocycles. The van der Waals surface area contributed by atoms with Crippen LogP contribution in [0.25, 0.3) is 16.7 Å². The predicted molar refractivity (Wildman–Crippen MR) is 113 cm³/mol. The molecule has 154 valence electrons. The van der Waals surface area contributed by atoms with Crippen LogP contribution in [0.4, 0.5) is 0 Å². The van der Waals surface area contributed by atoms with E-state index < -0.39 is 0 Å². The fraction of sp³-hybridized carbons (Fsp3) is 0.478. The van der Waals surface area contributed by atoms with Crippen molar-refractivity contribution in [3.63, 3.8) is 0 Å². The summed E-state index contributed by atoms with van der Waals surface area (Å²) in [5.74, 6) is 2.00. The molecule has 1 N–H and O–H groups in total. The van der Waals surface area contributed by atoms with Crippen LogP contribution in [0.2, 0.25) is 0 Å². The van der Waals surface area contributed by atoms with Gasteiger partial charge in [-0.2, -0.15) is 5.10 Å². The zero-order valence-electron chi connectivity index (χ0n) is 17.0. The molecule has 4 aliphatic rings. The minimum atomic E-state index is -0.310. The number of carbonyl (C=O) groups excluding carboxylic acids is 1. The molecule has 4 saturated carbocycles. The molecule has 2 heterocycles. The van der Waals surface area contributed by atoms with Gasteiger partial charge in [-0.15, -0.1) is 0 Å². The van der Waals surface area contributed by atoms with Gasteiger partial charge in [0.1, 0.15) is 11.7 Å². The van der Waals surface area contributed by atoms with Gasteiger partial charge in [0, 0.05) is 0 Å². The van der Waals surface area contributed by atoms with E-state index in [-0.39, 0.29) is 16.9 Å². The lowest BCUT2D eigenvalue weighted by atomic mass is 9.49. The first-order valence-corrected chi connectivity index (χ1v) is 10.8. The van der Waals surface area contributed by atoms with Gasteiger partial charge in [-0.05, 0) is 75.3 Å². The summed E-state index contributed by atoms with van der Waals surface area (Å²) in [6.07, 6.45) is 9.64. The highest BCUT2D eigenvalue weighted by Gasteiger charge is 2.54. The van der Waals surface area contributed by atoms with E-state index in [4.69, 9.17) is 0 Å². The van der Waals surface area contributed by atoms with Crippen LogP contribution in [0.3, 0.4) is 0 Å². The van der Waals surface area contributed by atoms with E-state index in [9.17, 15) is 9.59 Å². The fourth-order valence-electron chi connectivity index (χ4n) is 6.48. The average Bonchev–Trinajstić information content (AvgIpc) is 3.14. The third kappa shape index (κ3) is 2.64. The van der Waals surface area contributed by atoms with Crippen LogP contribution in [0.15, 0.2) is 41.6 Å². The molecule has 3 aromatic rings. The number of hydrogen-bond donors (Lipinski definition) is 1. The summed E-state index contributed by atoms with van der Waals surface area (Å²) in [6, 6.07) is 7.89. The van der Waals surface area contributed by atoms with Crippen LogP contribution in [-0.4, -0.2) is 25.3 Å². The number of rotatable bonds is 3. The van der Waals surface area contributed by atoms with E-state index in [1.54, 1.807) is 4.68 Å². The lowest BCUT2D eigenvalue weighted by Gasteiger charge is -2.55. The summed E-state index contributed by atoms with van der Waals surface area (Å²) in [5.41, 5.74) is 4.76. The summed E-state index contributed by atoms with van der Waals surface area (Å²) >= 11 is 0. The van der Waals surface area contributed by atoms with Crippen molar-refractivity contribution in [2.45, 2.75) is 45.4 Å². The van der Waals surface area contributed by atoms with E-state index in [2.05, 4.69) is 15.5 Å². The zero-order chi connectivity index (χ0) is 20.5. The number of carbonyl (C=O) groups is 1. The molecule has 0 spiro atoms. The van der Waals surface area contributed by atoms with Crippen LogP contribution < -0.4 is 11.0 Å². The van der Waals surface area contributed by atoms with E-state index in [1.807, 2.05) is 31.2 Å². The number of amides is 1. The Hall–Kier alpha value is -2.96. The van der Waals surface area contributed by atoms with Crippen LogP contribution >= 0.6 is 0 Å². The summed E-state index contributed by atoms with van der Waals surface area (Å²) in [4.78, 5) is 30.8. The Labute approximate surface area is 174 Å². The molecule has 0 saturated heterocycles. The van der Waals surface area contributed by atoms with Gasteiger partial charge in [0.2, 0.25) is 5.91 Å². The number of nitrogens with zero attached hydrogens (tertiary/aromatic N) is 4. The average molecular weight is 403 g/mol. The van der Waals surface area contributed by atoms with Crippen molar-refractivity contribution in [3.8, 4) is 5.69 Å². The topological polar surface area (TPSA) is 81.8 Å². The maximum absolute atomic E-state index is 13.3. The van der Waals surface area contributed by atoms with Gasteiger partial charge in [-0.3, -0.25) is 15.0 Å². The maximum Gasteiger partial charge on any atom is 0.283 e. The van der Waals surface area contributed by atoms with Crippen molar-refractivity contribution < 1.29 is 4.79 Å². The van der Waals surface area contributed by atoms with Gasteiger partial charge >= 0.3 is 0 Å². The van der Waals surface area contributed by atoms with Gasteiger partial charge in [0.25, 0.3) is 5.56 Å². The number of benzene rings is 1. The van der Waals surface area contributed by atoms with Gasteiger partial charge < -0.3 is 0 Å². The normalized spacial score (nSPS) is 29.4. The molecule has 4 aliphatic carbocycles. The number of aryl methyl sites for hydroxylation is 1. The molecule has 0 radical (unpaired) electrons. The molecule has 4 fully saturated rings. The Kier molecular flexibility index (Phi) is 3.73. The van der Waals surface area contributed by atoms with E-state index >= 15 is 0 Å². The van der Waals surface area contributed by atoms with Crippen molar-refractivity contribution in [3.05, 3.63) is 52.7 Å². The predicted octanol–water partition coefficient (Wildman–Crippen LogP) is 3.18. The first-order valence-electron chi connectivity index (χ1n) is 10.8. The summed E-state index contributed by atoms with van der Waals surface area (Å²) in [7, 11) is 0. The molecule has 30 heavy (non-hydrogen) atoms. The minimum absolute atomic E-state index is 0.0178. The number of aromatic nitrogens is 4. The minimum Gasteiger partial charge on any atom is -0.273 e. The van der Waals surface area contributed by atoms with Crippen molar-refractivity contribution in [2.75, 3.05) is 5.43 Å². The van der Waals surface area contributed by atoms with Crippen molar-refractivity contribution >= 4 is 16.9 Å². The Morgan fingerprint density at radius 3 is 2.33 bits per heavy atom. The summed E-state index contributed by atoms with van der Waals surface area (Å²) < 4.78 is 2.89. The van der Waals surface area contributed by atoms with Crippen molar-refractivity contribution in [1.29, 1.82) is 0 Å². The van der Waals surface area contributed by atoms with Gasteiger partial charge in [-0.1, -0.05) is 17.7 Å². The van der Waals surface area contributed by atoms with Crippen LogP contribution in [0, 0.1) is 30.1 Å². The highest BCUT2D eigenvalue weighted by Crippen LogP contribution is 2.60. The van der Waals surface area contributed by atoms with Crippen LogP contribution in [-0.2, 0) is 4.79 Å². The summed E-state index contributed by atoms with van der Waals surface area (Å²) in [6.45, 7) is 2.02. The molecule has 1 aromatic carbocycles. The van der Waals surface area contributed by atoms with E-state index in [1.165, 1.54) is 36.5 Å². The molecule has 7 rings (SSSR count). The number of fused-ring (bicyclic) bond motifs is 1. The lowest BCUT2D eigenvalue weighted by molar-refractivity contribution is -0.141. The second-order valence-electron chi connectivity index (χ2n) is 9.69. The molecule has 7 heteroatoms. The third-order valence-electron chi connectivity index (χ3n) is 7.51. The zero-order valence-corrected chi connectivity index (χ0v) is 17.0. The molecule has 7 nitrogen and oxygen atoms in total. The molecular weight excluding hydrogens is 378 g/mol. The Balaban J connectivity index is 1.32. The highest BCUT2D eigenvalue weighted by atomic mass is 16.2. The Morgan fingerprint density at radius 2 is 1.70 bits per heavy atom.